The lowest BCUT2D eigenvalue weighted by molar-refractivity contribution is -0.384. The molecule has 0 radical (unpaired) electrons. The van der Waals surface area contributed by atoms with E-state index in [0.29, 0.717) is 5.69 Å². The third-order valence-corrected chi connectivity index (χ3v) is 5.48. The van der Waals surface area contributed by atoms with Crippen LogP contribution in [0.3, 0.4) is 0 Å². The van der Waals surface area contributed by atoms with Crippen LogP contribution in [0.1, 0.15) is 15.9 Å². The lowest BCUT2D eigenvalue weighted by Gasteiger charge is -2.28. The fourth-order valence-electron chi connectivity index (χ4n) is 2.75. The Balaban J connectivity index is 1.99. The summed E-state index contributed by atoms with van der Waals surface area (Å²) >= 11 is 0. The minimum atomic E-state index is -3.35. The Labute approximate surface area is 150 Å². The van der Waals surface area contributed by atoms with Gasteiger partial charge in [0.2, 0.25) is 0 Å². The van der Waals surface area contributed by atoms with Crippen LogP contribution in [0.2, 0.25) is 0 Å². The number of anilines is 1. The number of hydrogen-bond donors (Lipinski definition) is 0. The summed E-state index contributed by atoms with van der Waals surface area (Å²) < 4.78 is 23.6. The van der Waals surface area contributed by atoms with Gasteiger partial charge in [0.05, 0.1) is 16.7 Å². The number of hydrogen-bond acceptors (Lipinski definition) is 5. The number of rotatable bonds is 4. The molecular weight excluding hydrogens is 356 g/mol. The molecule has 1 heterocycles. The number of nitrogens with zero attached hydrogens (tertiary/aromatic N) is 2. The van der Waals surface area contributed by atoms with Gasteiger partial charge in [0, 0.05) is 28.8 Å². The molecule has 0 bridgehead atoms. The van der Waals surface area contributed by atoms with E-state index in [9.17, 15) is 23.3 Å². The summed E-state index contributed by atoms with van der Waals surface area (Å²) in [5, 5.41) is 11.9. The monoisotopic (exact) mass is 372 g/mol. The van der Waals surface area contributed by atoms with Crippen LogP contribution in [-0.4, -0.2) is 31.0 Å². The van der Waals surface area contributed by atoms with Crippen molar-refractivity contribution in [1.82, 2.24) is 0 Å². The first-order chi connectivity index (χ1) is 12.3. The predicted molar refractivity (Wildman–Crippen MR) is 97.8 cm³/mol. The lowest BCUT2D eigenvalue weighted by atomic mass is 10.1. The number of nitro benzene ring substituents is 1. The molecule has 0 saturated carbocycles. The van der Waals surface area contributed by atoms with Gasteiger partial charge in [-0.25, -0.2) is 8.42 Å². The number of amides is 1. The Bertz CT molecular complexity index is 979. The van der Waals surface area contributed by atoms with Crippen molar-refractivity contribution in [2.45, 2.75) is 13.0 Å². The minimum Gasteiger partial charge on any atom is -0.300 e. The number of carbonyl (C=O) groups is 1. The molecule has 0 aromatic heterocycles. The molecular formula is C18H16N2O5S. The molecule has 2 aromatic rings. The van der Waals surface area contributed by atoms with Crippen LogP contribution in [0.5, 0.6) is 0 Å². The van der Waals surface area contributed by atoms with Gasteiger partial charge in [-0.3, -0.25) is 14.9 Å². The number of sulfone groups is 1. The fraction of sp³-hybridized carbons (Fsp3) is 0.167. The molecule has 0 saturated heterocycles. The third kappa shape index (κ3) is 3.65. The van der Waals surface area contributed by atoms with Crippen LogP contribution in [0, 0.1) is 17.0 Å². The lowest BCUT2D eigenvalue weighted by Crippen LogP contribution is -2.41. The Hall–Kier alpha value is -3.00. The van der Waals surface area contributed by atoms with Crippen molar-refractivity contribution in [2.75, 3.05) is 10.7 Å². The molecule has 1 unspecified atom stereocenters. The van der Waals surface area contributed by atoms with Gasteiger partial charge in [-0.05, 0) is 37.3 Å². The van der Waals surface area contributed by atoms with E-state index in [0.717, 1.165) is 11.0 Å². The molecule has 1 aliphatic heterocycles. The Morgan fingerprint density at radius 3 is 2.23 bits per heavy atom. The van der Waals surface area contributed by atoms with E-state index in [2.05, 4.69) is 0 Å². The molecule has 0 N–H and O–H groups in total. The Kier molecular flexibility index (Phi) is 4.60. The maximum absolute atomic E-state index is 13.0. The summed E-state index contributed by atoms with van der Waals surface area (Å²) in [7, 11) is -3.35. The van der Waals surface area contributed by atoms with Gasteiger partial charge in [-0.15, -0.1) is 0 Å². The fourth-order valence-corrected chi connectivity index (χ4v) is 4.02. The highest BCUT2D eigenvalue weighted by atomic mass is 32.2. The summed E-state index contributed by atoms with van der Waals surface area (Å²) in [6.07, 6.45) is 1.48. The normalized spacial score (nSPS) is 17.8. The zero-order valence-corrected chi connectivity index (χ0v) is 14.7. The first-order valence-electron chi connectivity index (χ1n) is 7.82. The number of benzene rings is 2. The van der Waals surface area contributed by atoms with Gasteiger partial charge in [0.15, 0.2) is 9.84 Å². The highest BCUT2D eigenvalue weighted by Gasteiger charge is 2.32. The standard InChI is InChI=1S/C18H16N2O5S/c1-13-2-6-15(7-3-13)19(17-10-11-26(24,25)12-17)18(21)14-4-8-16(9-5-14)20(22)23/h2-11,17H,12H2,1H3. The topological polar surface area (TPSA) is 97.6 Å². The maximum atomic E-state index is 13.0. The van der Waals surface area contributed by atoms with Gasteiger partial charge >= 0.3 is 0 Å². The highest BCUT2D eigenvalue weighted by Crippen LogP contribution is 2.26. The molecule has 0 spiro atoms. The first kappa shape index (κ1) is 17.8. The van der Waals surface area contributed by atoms with E-state index < -0.39 is 26.7 Å². The number of nitro groups is 1. The second kappa shape index (κ2) is 6.72. The van der Waals surface area contributed by atoms with Crippen molar-refractivity contribution in [1.29, 1.82) is 0 Å². The largest absolute Gasteiger partial charge is 0.300 e. The van der Waals surface area contributed by atoms with Crippen molar-refractivity contribution in [2.24, 2.45) is 0 Å². The molecule has 26 heavy (non-hydrogen) atoms. The highest BCUT2D eigenvalue weighted by molar-refractivity contribution is 7.94. The van der Waals surface area contributed by atoms with Crippen molar-refractivity contribution < 1.29 is 18.1 Å². The van der Waals surface area contributed by atoms with Crippen molar-refractivity contribution in [3.63, 3.8) is 0 Å². The van der Waals surface area contributed by atoms with E-state index in [-0.39, 0.29) is 17.0 Å². The van der Waals surface area contributed by atoms with Crippen LogP contribution >= 0.6 is 0 Å². The summed E-state index contributed by atoms with van der Waals surface area (Å²) in [4.78, 5) is 24.7. The van der Waals surface area contributed by atoms with E-state index in [1.165, 1.54) is 35.2 Å². The van der Waals surface area contributed by atoms with Gasteiger partial charge < -0.3 is 4.90 Å². The van der Waals surface area contributed by atoms with E-state index >= 15 is 0 Å². The van der Waals surface area contributed by atoms with Gasteiger partial charge in [-0.1, -0.05) is 17.7 Å². The molecule has 8 heteroatoms. The number of non-ortho nitro benzene ring substituents is 1. The van der Waals surface area contributed by atoms with Crippen LogP contribution in [-0.2, 0) is 9.84 Å². The van der Waals surface area contributed by atoms with E-state index in [4.69, 9.17) is 0 Å². The second-order valence-corrected chi connectivity index (χ2v) is 7.97. The summed E-state index contributed by atoms with van der Waals surface area (Å²) in [6, 6.07) is 11.8. The van der Waals surface area contributed by atoms with Crippen LogP contribution in [0.15, 0.2) is 60.0 Å². The average Bonchev–Trinajstić information content (AvgIpc) is 2.96. The van der Waals surface area contributed by atoms with E-state index in [1.807, 2.05) is 19.1 Å². The Morgan fingerprint density at radius 1 is 1.12 bits per heavy atom. The zero-order valence-electron chi connectivity index (χ0n) is 13.9. The zero-order chi connectivity index (χ0) is 18.9. The number of aryl methyl sites for hydroxylation is 1. The van der Waals surface area contributed by atoms with Crippen LogP contribution in [0.25, 0.3) is 0 Å². The molecule has 134 valence electrons. The second-order valence-electron chi connectivity index (χ2n) is 6.04. The smallest absolute Gasteiger partial charge is 0.269 e. The molecule has 1 amide bonds. The SMILES string of the molecule is Cc1ccc(N(C(=O)c2ccc([N+](=O)[O-])cc2)C2C=CS(=O)(=O)C2)cc1. The van der Waals surface area contributed by atoms with Crippen molar-refractivity contribution in [3.05, 3.63) is 81.3 Å². The van der Waals surface area contributed by atoms with Gasteiger partial charge in [-0.2, -0.15) is 0 Å². The van der Waals surface area contributed by atoms with Crippen molar-refractivity contribution in [3.8, 4) is 0 Å². The quantitative estimate of drug-likeness (QED) is 0.607. The number of carbonyl (C=O) groups excluding carboxylic acids is 1. The first-order valence-corrected chi connectivity index (χ1v) is 9.54. The average molecular weight is 372 g/mol. The molecule has 0 aliphatic carbocycles. The Morgan fingerprint density at radius 2 is 1.73 bits per heavy atom. The van der Waals surface area contributed by atoms with Gasteiger partial charge in [0.1, 0.15) is 0 Å². The molecule has 1 atom stereocenters. The van der Waals surface area contributed by atoms with Gasteiger partial charge in [0.25, 0.3) is 11.6 Å². The maximum Gasteiger partial charge on any atom is 0.269 e. The molecule has 2 aromatic carbocycles. The molecule has 7 nitrogen and oxygen atoms in total. The van der Waals surface area contributed by atoms with E-state index in [1.54, 1.807) is 12.1 Å². The predicted octanol–water partition coefficient (Wildman–Crippen LogP) is 2.86. The summed E-state index contributed by atoms with van der Waals surface area (Å²) in [5.74, 6) is -0.616. The van der Waals surface area contributed by atoms with Crippen LogP contribution in [0.4, 0.5) is 11.4 Å². The summed E-state index contributed by atoms with van der Waals surface area (Å²) in [5.41, 5.74) is 1.69. The molecule has 1 aliphatic rings. The van der Waals surface area contributed by atoms with Crippen molar-refractivity contribution >= 4 is 27.1 Å². The molecule has 3 rings (SSSR count). The van der Waals surface area contributed by atoms with Crippen LogP contribution < -0.4 is 4.90 Å². The summed E-state index contributed by atoms with van der Waals surface area (Å²) in [6.45, 7) is 1.91. The molecule has 0 fully saturated rings. The third-order valence-electron chi connectivity index (χ3n) is 4.10. The minimum absolute atomic E-state index is 0.119.